The van der Waals surface area contributed by atoms with Crippen LogP contribution >= 0.6 is 0 Å². The van der Waals surface area contributed by atoms with E-state index in [2.05, 4.69) is 5.16 Å². The number of hydrogen-bond acceptors (Lipinski definition) is 4. The minimum Gasteiger partial charge on any atom is -0.391 e. The van der Waals surface area contributed by atoms with Gasteiger partial charge in [0.05, 0.1) is 6.10 Å². The Hall–Kier alpha value is -2.14. The number of β-amino-alcohol motifs (C(OH)–C–C–N with tert-alkyl or cyclic N) is 1. The van der Waals surface area contributed by atoms with Gasteiger partial charge < -0.3 is 14.5 Å². The predicted octanol–water partition coefficient (Wildman–Crippen LogP) is 1.94. The highest BCUT2D eigenvalue weighted by atomic mass is 16.5. The van der Waals surface area contributed by atoms with Crippen molar-refractivity contribution in [2.24, 2.45) is 0 Å². The molecule has 2 heterocycles. The van der Waals surface area contributed by atoms with Crippen LogP contribution in [0, 0.1) is 0 Å². The van der Waals surface area contributed by atoms with Crippen molar-refractivity contribution in [3.8, 4) is 11.3 Å². The van der Waals surface area contributed by atoms with Crippen molar-refractivity contribution in [1.82, 2.24) is 10.1 Å². The van der Waals surface area contributed by atoms with Crippen molar-refractivity contribution in [1.29, 1.82) is 0 Å². The zero-order chi connectivity index (χ0) is 13.9. The molecule has 1 aliphatic heterocycles. The van der Waals surface area contributed by atoms with E-state index in [0.29, 0.717) is 18.8 Å². The molecule has 104 valence electrons. The normalized spacial score (nSPS) is 19.1. The number of aliphatic hydroxyl groups is 1. The van der Waals surface area contributed by atoms with E-state index in [0.717, 1.165) is 18.4 Å². The van der Waals surface area contributed by atoms with Gasteiger partial charge in [-0.05, 0) is 12.8 Å². The van der Waals surface area contributed by atoms with E-state index in [4.69, 9.17) is 4.52 Å². The van der Waals surface area contributed by atoms with Gasteiger partial charge >= 0.3 is 0 Å². The molecule has 1 saturated heterocycles. The summed E-state index contributed by atoms with van der Waals surface area (Å²) in [7, 11) is 0. The molecule has 1 aromatic carbocycles. The number of carbonyl (C=O) groups is 1. The Balaban J connectivity index is 1.78. The molecule has 0 aliphatic carbocycles. The highest BCUT2D eigenvalue weighted by Gasteiger charge is 2.25. The van der Waals surface area contributed by atoms with E-state index in [1.54, 1.807) is 11.0 Å². The molecule has 3 rings (SSSR count). The zero-order valence-electron chi connectivity index (χ0n) is 11.0. The number of hydrogen-bond donors (Lipinski definition) is 1. The van der Waals surface area contributed by atoms with Crippen LogP contribution in [0.4, 0.5) is 0 Å². The minimum atomic E-state index is -0.437. The van der Waals surface area contributed by atoms with Gasteiger partial charge in [-0.2, -0.15) is 0 Å². The van der Waals surface area contributed by atoms with Gasteiger partial charge in [-0.15, -0.1) is 0 Å². The Morgan fingerprint density at radius 3 is 2.90 bits per heavy atom. The topological polar surface area (TPSA) is 66.6 Å². The van der Waals surface area contributed by atoms with Crippen LogP contribution in [0.15, 0.2) is 40.9 Å². The van der Waals surface area contributed by atoms with Gasteiger partial charge in [0, 0.05) is 24.7 Å². The molecule has 5 nitrogen and oxygen atoms in total. The highest BCUT2D eigenvalue weighted by Crippen LogP contribution is 2.21. The van der Waals surface area contributed by atoms with Gasteiger partial charge in [0.2, 0.25) is 0 Å². The fourth-order valence-corrected chi connectivity index (χ4v) is 2.42. The number of amides is 1. The summed E-state index contributed by atoms with van der Waals surface area (Å²) in [5.41, 5.74) is 1.18. The molecular weight excluding hydrogens is 256 g/mol. The number of carbonyl (C=O) groups excluding carboxylic acids is 1. The predicted molar refractivity (Wildman–Crippen MR) is 73.1 cm³/mol. The lowest BCUT2D eigenvalue weighted by atomic mass is 10.1. The molecular formula is C15H16N2O3. The summed E-state index contributed by atoms with van der Waals surface area (Å²) in [6.45, 7) is 1.02. The Morgan fingerprint density at radius 2 is 2.15 bits per heavy atom. The summed E-state index contributed by atoms with van der Waals surface area (Å²) in [6.07, 6.45) is 1.13. The lowest BCUT2D eigenvalue weighted by molar-refractivity contribution is 0.0465. The molecule has 1 aromatic heterocycles. The average molecular weight is 272 g/mol. The van der Waals surface area contributed by atoms with Crippen molar-refractivity contribution in [2.75, 3.05) is 13.1 Å². The second-order valence-corrected chi connectivity index (χ2v) is 4.99. The van der Waals surface area contributed by atoms with Gasteiger partial charge in [0.1, 0.15) is 0 Å². The van der Waals surface area contributed by atoms with Gasteiger partial charge in [0.15, 0.2) is 11.5 Å². The zero-order valence-corrected chi connectivity index (χ0v) is 11.0. The summed E-state index contributed by atoms with van der Waals surface area (Å²) in [6, 6.07) is 11.2. The van der Waals surface area contributed by atoms with Crippen molar-refractivity contribution in [2.45, 2.75) is 18.9 Å². The van der Waals surface area contributed by atoms with Crippen LogP contribution in [-0.2, 0) is 0 Å². The first-order valence-electron chi connectivity index (χ1n) is 6.73. The summed E-state index contributed by atoms with van der Waals surface area (Å²) in [5.74, 6) is 0.390. The summed E-state index contributed by atoms with van der Waals surface area (Å²) in [5, 5.41) is 13.5. The monoisotopic (exact) mass is 272 g/mol. The Kier molecular flexibility index (Phi) is 3.52. The van der Waals surface area contributed by atoms with E-state index in [1.807, 2.05) is 30.3 Å². The van der Waals surface area contributed by atoms with Crippen molar-refractivity contribution in [3.05, 3.63) is 42.1 Å². The number of aliphatic hydroxyl groups excluding tert-OH is 1. The SMILES string of the molecule is O=C(c1cc(-c2ccccc2)on1)N1CCC[C@H](O)C1. The third kappa shape index (κ3) is 2.58. The molecule has 0 spiro atoms. The summed E-state index contributed by atoms with van der Waals surface area (Å²) < 4.78 is 5.23. The minimum absolute atomic E-state index is 0.185. The second-order valence-electron chi connectivity index (χ2n) is 4.99. The molecule has 20 heavy (non-hydrogen) atoms. The molecule has 1 amide bonds. The number of likely N-dealkylation sites (tertiary alicyclic amines) is 1. The van der Waals surface area contributed by atoms with E-state index in [9.17, 15) is 9.90 Å². The van der Waals surface area contributed by atoms with Gasteiger partial charge in [-0.1, -0.05) is 35.5 Å². The molecule has 1 N–H and O–H groups in total. The number of piperidine rings is 1. The van der Waals surface area contributed by atoms with Crippen LogP contribution in [0.2, 0.25) is 0 Å². The maximum absolute atomic E-state index is 12.3. The fraction of sp³-hybridized carbons (Fsp3) is 0.333. The van der Waals surface area contributed by atoms with Crippen LogP contribution in [0.1, 0.15) is 23.3 Å². The molecule has 1 aliphatic rings. The first-order valence-corrected chi connectivity index (χ1v) is 6.73. The third-order valence-electron chi connectivity index (χ3n) is 3.47. The van der Waals surface area contributed by atoms with Crippen LogP contribution in [0.25, 0.3) is 11.3 Å². The largest absolute Gasteiger partial charge is 0.391 e. The Labute approximate surface area is 116 Å². The van der Waals surface area contributed by atoms with Crippen LogP contribution in [0.5, 0.6) is 0 Å². The molecule has 0 unspecified atom stereocenters. The van der Waals surface area contributed by atoms with Gasteiger partial charge in [0.25, 0.3) is 5.91 Å². The van der Waals surface area contributed by atoms with Gasteiger partial charge in [-0.3, -0.25) is 4.79 Å². The molecule has 2 aromatic rings. The number of aromatic nitrogens is 1. The Bertz CT molecular complexity index is 594. The lowest BCUT2D eigenvalue weighted by Crippen LogP contribution is -2.42. The quantitative estimate of drug-likeness (QED) is 0.907. The number of rotatable bonds is 2. The van der Waals surface area contributed by atoms with Crippen molar-refractivity contribution >= 4 is 5.91 Å². The molecule has 5 heteroatoms. The number of nitrogens with zero attached hydrogens (tertiary/aromatic N) is 2. The maximum Gasteiger partial charge on any atom is 0.276 e. The highest BCUT2D eigenvalue weighted by molar-refractivity contribution is 5.93. The Morgan fingerprint density at radius 1 is 1.35 bits per heavy atom. The van der Waals surface area contributed by atoms with E-state index >= 15 is 0 Å². The summed E-state index contributed by atoms with van der Waals surface area (Å²) >= 11 is 0. The van der Waals surface area contributed by atoms with Gasteiger partial charge in [-0.25, -0.2) is 0 Å². The second kappa shape index (κ2) is 5.46. The maximum atomic E-state index is 12.3. The van der Waals surface area contributed by atoms with Crippen LogP contribution in [-0.4, -0.2) is 40.3 Å². The molecule has 0 radical (unpaired) electrons. The van der Waals surface area contributed by atoms with E-state index < -0.39 is 6.10 Å². The molecule has 0 bridgehead atoms. The van der Waals surface area contributed by atoms with Crippen LogP contribution < -0.4 is 0 Å². The smallest absolute Gasteiger partial charge is 0.276 e. The van der Waals surface area contributed by atoms with Crippen molar-refractivity contribution < 1.29 is 14.4 Å². The first kappa shape index (κ1) is 12.9. The summed E-state index contributed by atoms with van der Waals surface area (Å²) in [4.78, 5) is 13.9. The number of benzene rings is 1. The standard InChI is InChI=1S/C15H16N2O3/c18-12-7-4-8-17(10-12)15(19)13-9-14(20-16-13)11-5-2-1-3-6-11/h1-3,5-6,9,12,18H,4,7-8,10H2/t12-/m0/s1. The molecule has 0 saturated carbocycles. The van der Waals surface area contributed by atoms with Crippen LogP contribution in [0.3, 0.4) is 0 Å². The lowest BCUT2D eigenvalue weighted by Gasteiger charge is -2.29. The average Bonchev–Trinajstić information content (AvgIpc) is 2.97. The molecule has 1 fully saturated rings. The fourth-order valence-electron chi connectivity index (χ4n) is 2.42. The van der Waals surface area contributed by atoms with E-state index in [1.165, 1.54) is 0 Å². The van der Waals surface area contributed by atoms with Crippen molar-refractivity contribution in [3.63, 3.8) is 0 Å². The first-order chi connectivity index (χ1) is 9.74. The van der Waals surface area contributed by atoms with E-state index in [-0.39, 0.29) is 11.6 Å². The molecule has 1 atom stereocenters. The third-order valence-corrected chi connectivity index (χ3v) is 3.47.